The number of amides is 1. The van der Waals surface area contributed by atoms with Crippen LogP contribution in [0.5, 0.6) is 0 Å². The van der Waals surface area contributed by atoms with E-state index >= 15 is 0 Å². The summed E-state index contributed by atoms with van der Waals surface area (Å²) in [6.45, 7) is 4.57. The minimum Gasteiger partial charge on any atom is -0.357 e. The Morgan fingerprint density at radius 3 is 2.79 bits per heavy atom. The molecule has 0 unspecified atom stereocenters. The van der Waals surface area contributed by atoms with Crippen LogP contribution in [0.4, 0.5) is 5.82 Å². The van der Waals surface area contributed by atoms with E-state index in [1.165, 1.54) is 12.8 Å². The molecule has 1 aliphatic carbocycles. The molecule has 5 nitrogen and oxygen atoms in total. The van der Waals surface area contributed by atoms with Crippen LogP contribution in [0.15, 0.2) is 6.07 Å². The monoisotopic (exact) mass is 260 g/mol. The van der Waals surface area contributed by atoms with Gasteiger partial charge in [0.15, 0.2) is 0 Å². The predicted octanol–water partition coefficient (Wildman–Crippen LogP) is 1.41. The molecule has 1 saturated carbocycles. The molecule has 0 aromatic carbocycles. The first-order valence-electron chi connectivity index (χ1n) is 7.09. The Bertz CT molecular complexity index is 478. The molecule has 0 radical (unpaired) electrons. The molecule has 102 valence electrons. The highest BCUT2D eigenvalue weighted by Crippen LogP contribution is 2.28. The molecule has 19 heavy (non-hydrogen) atoms. The van der Waals surface area contributed by atoms with Crippen molar-refractivity contribution in [2.45, 2.75) is 39.2 Å². The van der Waals surface area contributed by atoms with Gasteiger partial charge >= 0.3 is 0 Å². The number of hydrogen-bond acceptors (Lipinski definition) is 4. The van der Waals surface area contributed by atoms with E-state index in [0.717, 1.165) is 43.3 Å². The van der Waals surface area contributed by atoms with E-state index in [1.807, 2.05) is 13.0 Å². The Balaban J connectivity index is 1.67. The zero-order chi connectivity index (χ0) is 13.2. The molecule has 0 atom stereocenters. The van der Waals surface area contributed by atoms with Crippen LogP contribution in [-0.2, 0) is 11.3 Å². The second-order valence-corrected chi connectivity index (χ2v) is 5.47. The van der Waals surface area contributed by atoms with Gasteiger partial charge in [0, 0.05) is 30.8 Å². The summed E-state index contributed by atoms with van der Waals surface area (Å²) in [7, 11) is 0. The van der Waals surface area contributed by atoms with Gasteiger partial charge in [0.25, 0.3) is 0 Å². The maximum Gasteiger partial charge on any atom is 0.223 e. The third-order valence-corrected chi connectivity index (χ3v) is 3.69. The van der Waals surface area contributed by atoms with E-state index in [1.54, 1.807) is 0 Å². The molecule has 1 aromatic rings. The smallest absolute Gasteiger partial charge is 0.223 e. The number of carbonyl (C=O) groups excluding carboxylic acids is 1. The van der Waals surface area contributed by atoms with Gasteiger partial charge in [-0.3, -0.25) is 4.79 Å². The van der Waals surface area contributed by atoms with Crippen molar-refractivity contribution in [1.82, 2.24) is 15.3 Å². The zero-order valence-corrected chi connectivity index (χ0v) is 11.4. The minimum absolute atomic E-state index is 0.146. The molecule has 1 N–H and O–H groups in total. The maximum atomic E-state index is 11.6. The third kappa shape index (κ3) is 3.03. The van der Waals surface area contributed by atoms with Crippen molar-refractivity contribution in [3.05, 3.63) is 17.6 Å². The number of aromatic nitrogens is 2. The van der Waals surface area contributed by atoms with Crippen molar-refractivity contribution in [2.75, 3.05) is 18.0 Å². The van der Waals surface area contributed by atoms with Crippen LogP contribution in [0.2, 0.25) is 0 Å². The van der Waals surface area contributed by atoms with Crippen molar-refractivity contribution in [3.63, 3.8) is 0 Å². The number of carbonyl (C=O) groups is 1. The Kier molecular flexibility index (Phi) is 3.36. The Morgan fingerprint density at radius 2 is 2.11 bits per heavy atom. The number of rotatable bonds is 4. The molecule has 2 fully saturated rings. The molecular weight excluding hydrogens is 240 g/mol. The van der Waals surface area contributed by atoms with Gasteiger partial charge in [-0.25, -0.2) is 9.97 Å². The van der Waals surface area contributed by atoms with Crippen molar-refractivity contribution in [3.8, 4) is 0 Å². The SMILES string of the molecule is Cc1cc(N2CCCC2)nc(CNC(=O)C2CC2)n1. The number of nitrogens with one attached hydrogen (secondary N) is 1. The van der Waals surface area contributed by atoms with E-state index in [-0.39, 0.29) is 11.8 Å². The summed E-state index contributed by atoms with van der Waals surface area (Å²) in [4.78, 5) is 22.9. The van der Waals surface area contributed by atoms with Crippen LogP contribution in [0.1, 0.15) is 37.2 Å². The lowest BCUT2D eigenvalue weighted by molar-refractivity contribution is -0.122. The second-order valence-electron chi connectivity index (χ2n) is 5.47. The largest absolute Gasteiger partial charge is 0.357 e. The van der Waals surface area contributed by atoms with Crippen LogP contribution in [-0.4, -0.2) is 29.0 Å². The molecule has 2 aliphatic rings. The predicted molar refractivity (Wildman–Crippen MR) is 72.8 cm³/mol. The summed E-state index contributed by atoms with van der Waals surface area (Å²) >= 11 is 0. The van der Waals surface area contributed by atoms with Gasteiger partial charge in [-0.1, -0.05) is 0 Å². The summed E-state index contributed by atoms with van der Waals surface area (Å²) in [6.07, 6.45) is 4.52. The fraction of sp³-hybridized carbons (Fsp3) is 0.643. The average molecular weight is 260 g/mol. The quantitative estimate of drug-likeness (QED) is 0.889. The lowest BCUT2D eigenvalue weighted by Gasteiger charge is -2.17. The highest BCUT2D eigenvalue weighted by atomic mass is 16.2. The fourth-order valence-electron chi connectivity index (χ4n) is 2.46. The summed E-state index contributed by atoms with van der Waals surface area (Å²) in [5.41, 5.74) is 0.965. The Labute approximate surface area is 113 Å². The van der Waals surface area contributed by atoms with Gasteiger partial charge in [-0.05, 0) is 32.6 Å². The third-order valence-electron chi connectivity index (χ3n) is 3.69. The number of anilines is 1. The van der Waals surface area contributed by atoms with Gasteiger partial charge < -0.3 is 10.2 Å². The van der Waals surface area contributed by atoms with Gasteiger partial charge in [-0.15, -0.1) is 0 Å². The lowest BCUT2D eigenvalue weighted by atomic mass is 10.3. The molecule has 1 aromatic heterocycles. The van der Waals surface area contributed by atoms with Crippen LogP contribution in [0.25, 0.3) is 0 Å². The molecule has 0 bridgehead atoms. The van der Waals surface area contributed by atoms with Crippen molar-refractivity contribution >= 4 is 11.7 Å². The first kappa shape index (κ1) is 12.4. The van der Waals surface area contributed by atoms with Gasteiger partial charge in [0.05, 0.1) is 6.54 Å². The first-order valence-corrected chi connectivity index (χ1v) is 7.09. The van der Waals surface area contributed by atoms with Crippen molar-refractivity contribution < 1.29 is 4.79 Å². The van der Waals surface area contributed by atoms with Gasteiger partial charge in [0.2, 0.25) is 5.91 Å². The molecule has 3 rings (SSSR count). The maximum absolute atomic E-state index is 11.6. The van der Waals surface area contributed by atoms with Crippen LogP contribution in [0, 0.1) is 12.8 Å². The van der Waals surface area contributed by atoms with E-state index in [2.05, 4.69) is 20.2 Å². The van der Waals surface area contributed by atoms with Gasteiger partial charge in [0.1, 0.15) is 11.6 Å². The highest BCUT2D eigenvalue weighted by molar-refractivity contribution is 5.80. The molecule has 2 heterocycles. The van der Waals surface area contributed by atoms with Crippen molar-refractivity contribution in [2.24, 2.45) is 5.92 Å². The molecule has 5 heteroatoms. The Hall–Kier alpha value is -1.65. The number of hydrogen-bond donors (Lipinski definition) is 1. The standard InChI is InChI=1S/C14H20N4O/c1-10-8-13(18-6-2-3-7-18)17-12(16-10)9-15-14(19)11-4-5-11/h8,11H,2-7,9H2,1H3,(H,15,19). The molecule has 1 amide bonds. The van der Waals surface area contributed by atoms with Crippen molar-refractivity contribution in [1.29, 1.82) is 0 Å². The highest BCUT2D eigenvalue weighted by Gasteiger charge is 2.29. The number of nitrogens with zero attached hydrogens (tertiary/aromatic N) is 3. The Morgan fingerprint density at radius 1 is 1.37 bits per heavy atom. The summed E-state index contributed by atoms with van der Waals surface area (Å²) in [5.74, 6) is 2.10. The summed E-state index contributed by atoms with van der Waals surface area (Å²) < 4.78 is 0. The van der Waals surface area contributed by atoms with Crippen LogP contribution in [0.3, 0.4) is 0 Å². The second kappa shape index (κ2) is 5.15. The van der Waals surface area contributed by atoms with E-state index in [0.29, 0.717) is 6.54 Å². The molecular formula is C14H20N4O. The minimum atomic E-state index is 0.146. The zero-order valence-electron chi connectivity index (χ0n) is 11.4. The first-order chi connectivity index (χ1) is 9.22. The fourth-order valence-corrected chi connectivity index (χ4v) is 2.46. The average Bonchev–Trinajstić information content (AvgIpc) is 3.10. The van der Waals surface area contributed by atoms with Crippen LogP contribution < -0.4 is 10.2 Å². The van der Waals surface area contributed by atoms with E-state index in [4.69, 9.17) is 0 Å². The van der Waals surface area contributed by atoms with E-state index in [9.17, 15) is 4.79 Å². The topological polar surface area (TPSA) is 58.1 Å². The van der Waals surface area contributed by atoms with Gasteiger partial charge in [-0.2, -0.15) is 0 Å². The molecule has 1 aliphatic heterocycles. The summed E-state index contributed by atoms with van der Waals surface area (Å²) in [5, 5.41) is 2.92. The number of aryl methyl sites for hydroxylation is 1. The lowest BCUT2D eigenvalue weighted by Crippen LogP contribution is -2.26. The normalized spacial score (nSPS) is 18.7. The molecule has 0 spiro atoms. The summed E-state index contributed by atoms with van der Waals surface area (Å²) in [6, 6.07) is 2.03. The van der Waals surface area contributed by atoms with E-state index < -0.39 is 0 Å². The van der Waals surface area contributed by atoms with Crippen LogP contribution >= 0.6 is 0 Å². The molecule has 1 saturated heterocycles.